The number of rotatable bonds is 3. The Morgan fingerprint density at radius 3 is 2.42 bits per heavy atom. The molecule has 0 radical (unpaired) electrons. The van der Waals surface area contributed by atoms with Crippen LogP contribution >= 0.6 is 0 Å². The Morgan fingerprint density at radius 1 is 1.32 bits per heavy atom. The first-order chi connectivity index (χ1) is 8.84. The highest BCUT2D eigenvalue weighted by Gasteiger charge is 2.39. The summed E-state index contributed by atoms with van der Waals surface area (Å²) in [5.74, 6) is 0.331. The van der Waals surface area contributed by atoms with Gasteiger partial charge in [-0.1, -0.05) is 36.8 Å². The Labute approximate surface area is 116 Å². The second-order valence-corrected chi connectivity index (χ2v) is 7.38. The third-order valence-corrected chi connectivity index (χ3v) is 5.68. The summed E-state index contributed by atoms with van der Waals surface area (Å²) in [6, 6.07) is 6.96. The first-order valence-electron chi connectivity index (χ1n) is 6.58. The molecule has 3 nitrogen and oxygen atoms in total. The van der Waals surface area contributed by atoms with Crippen molar-refractivity contribution in [2.45, 2.75) is 38.1 Å². The molecular weight excluding hydrogens is 258 g/mol. The topological polar surface area (TPSA) is 37.4 Å². The molecule has 1 aliphatic heterocycles. The third-order valence-electron chi connectivity index (χ3n) is 3.79. The maximum atomic E-state index is 12.7. The molecule has 0 saturated carbocycles. The number of hydrogen-bond acceptors (Lipinski definition) is 2. The second kappa shape index (κ2) is 5.10. The van der Waals surface area contributed by atoms with Crippen molar-refractivity contribution in [1.82, 2.24) is 4.31 Å². The van der Waals surface area contributed by atoms with Gasteiger partial charge in [0.1, 0.15) is 0 Å². The summed E-state index contributed by atoms with van der Waals surface area (Å²) in [6.45, 7) is 10.5. The molecule has 1 saturated heterocycles. The van der Waals surface area contributed by atoms with Crippen LogP contribution in [0.25, 0.3) is 0 Å². The van der Waals surface area contributed by atoms with Crippen molar-refractivity contribution in [3.05, 3.63) is 42.0 Å². The molecular formula is C15H21NO2S. The van der Waals surface area contributed by atoms with Crippen LogP contribution in [-0.4, -0.2) is 25.3 Å². The summed E-state index contributed by atoms with van der Waals surface area (Å²) in [4.78, 5) is 0.374. The van der Waals surface area contributed by atoms with Crippen molar-refractivity contribution < 1.29 is 8.42 Å². The van der Waals surface area contributed by atoms with Crippen LogP contribution in [0, 0.1) is 12.8 Å². The van der Waals surface area contributed by atoms with Crippen LogP contribution in [-0.2, 0) is 10.0 Å². The quantitative estimate of drug-likeness (QED) is 0.798. The number of sulfonamides is 1. The van der Waals surface area contributed by atoms with E-state index in [0.29, 0.717) is 17.4 Å². The summed E-state index contributed by atoms with van der Waals surface area (Å²) in [5.41, 5.74) is 1.98. The second-order valence-electron chi connectivity index (χ2n) is 5.49. The predicted octanol–water partition coefficient (Wildman–Crippen LogP) is 2.97. The van der Waals surface area contributed by atoms with Gasteiger partial charge in [0.25, 0.3) is 0 Å². The monoisotopic (exact) mass is 279 g/mol. The van der Waals surface area contributed by atoms with Gasteiger partial charge in [0.15, 0.2) is 0 Å². The molecule has 104 valence electrons. The van der Waals surface area contributed by atoms with Crippen molar-refractivity contribution in [3.8, 4) is 0 Å². The minimum Gasteiger partial charge on any atom is -0.207 e. The lowest BCUT2D eigenvalue weighted by Gasteiger charge is -2.26. The molecule has 1 aromatic rings. The zero-order valence-corrected chi connectivity index (χ0v) is 12.6. The lowest BCUT2D eigenvalue weighted by molar-refractivity contribution is 0.388. The molecule has 0 spiro atoms. The Bertz CT molecular complexity index is 575. The zero-order chi connectivity index (χ0) is 14.2. The van der Waals surface area contributed by atoms with Crippen LogP contribution in [0.5, 0.6) is 0 Å². The molecule has 2 atom stereocenters. The third kappa shape index (κ3) is 2.60. The lowest BCUT2D eigenvalue weighted by Crippen LogP contribution is -2.38. The SMILES string of the molecule is C=C(C)[C@@H]1[C@H](C)CCN1S(=O)(=O)c1ccc(C)cc1. The molecule has 0 amide bonds. The average Bonchev–Trinajstić information content (AvgIpc) is 2.72. The van der Waals surface area contributed by atoms with Gasteiger partial charge in [0.2, 0.25) is 10.0 Å². The van der Waals surface area contributed by atoms with Gasteiger partial charge >= 0.3 is 0 Å². The lowest BCUT2D eigenvalue weighted by atomic mass is 9.98. The number of nitrogens with zero attached hydrogens (tertiary/aromatic N) is 1. The molecule has 1 fully saturated rings. The molecule has 0 unspecified atom stereocenters. The molecule has 4 heteroatoms. The van der Waals surface area contributed by atoms with Gasteiger partial charge in [-0.2, -0.15) is 4.31 Å². The smallest absolute Gasteiger partial charge is 0.207 e. The standard InChI is InChI=1S/C15H21NO2S/c1-11(2)15-13(4)9-10-16(15)19(17,18)14-7-5-12(3)6-8-14/h5-8,13,15H,1,9-10H2,2-4H3/t13-,15-/m1/s1. The highest BCUT2D eigenvalue weighted by Crippen LogP contribution is 2.33. The van der Waals surface area contributed by atoms with Crippen molar-refractivity contribution in [2.24, 2.45) is 5.92 Å². The summed E-state index contributed by atoms with van der Waals surface area (Å²) in [5, 5.41) is 0. The number of benzene rings is 1. The molecule has 1 aromatic carbocycles. The fourth-order valence-electron chi connectivity index (χ4n) is 2.76. The Hall–Kier alpha value is -1.13. The molecule has 0 bridgehead atoms. The van der Waals surface area contributed by atoms with E-state index >= 15 is 0 Å². The first kappa shape index (κ1) is 14.3. The number of hydrogen-bond donors (Lipinski definition) is 0. The Balaban J connectivity index is 2.39. The Kier molecular flexibility index (Phi) is 3.83. The molecule has 0 aliphatic carbocycles. The van der Waals surface area contributed by atoms with Crippen LogP contribution in [0.4, 0.5) is 0 Å². The van der Waals surface area contributed by atoms with Crippen LogP contribution in [0.15, 0.2) is 41.3 Å². The molecule has 19 heavy (non-hydrogen) atoms. The average molecular weight is 279 g/mol. The van der Waals surface area contributed by atoms with Gasteiger partial charge in [-0.25, -0.2) is 8.42 Å². The predicted molar refractivity (Wildman–Crippen MR) is 77.5 cm³/mol. The van der Waals surface area contributed by atoms with Gasteiger partial charge in [0.05, 0.1) is 4.90 Å². The minimum atomic E-state index is -3.41. The van der Waals surface area contributed by atoms with E-state index in [2.05, 4.69) is 13.5 Å². The highest BCUT2D eigenvalue weighted by atomic mass is 32.2. The van der Waals surface area contributed by atoms with Crippen LogP contribution < -0.4 is 0 Å². The van der Waals surface area contributed by atoms with Crippen LogP contribution in [0.3, 0.4) is 0 Å². The zero-order valence-electron chi connectivity index (χ0n) is 11.8. The van der Waals surface area contributed by atoms with Gasteiger partial charge in [-0.05, 0) is 38.3 Å². The van der Waals surface area contributed by atoms with Gasteiger partial charge in [-0.3, -0.25) is 0 Å². The van der Waals surface area contributed by atoms with Crippen LogP contribution in [0.1, 0.15) is 25.8 Å². The van der Waals surface area contributed by atoms with Crippen molar-refractivity contribution in [3.63, 3.8) is 0 Å². The fraction of sp³-hybridized carbons (Fsp3) is 0.467. The number of aryl methyl sites for hydroxylation is 1. The van der Waals surface area contributed by atoms with Gasteiger partial charge in [0, 0.05) is 12.6 Å². The molecule has 2 rings (SSSR count). The fourth-order valence-corrected chi connectivity index (χ4v) is 4.54. The first-order valence-corrected chi connectivity index (χ1v) is 8.02. The van der Waals surface area contributed by atoms with E-state index in [1.807, 2.05) is 26.0 Å². The van der Waals surface area contributed by atoms with Crippen molar-refractivity contribution >= 4 is 10.0 Å². The summed E-state index contributed by atoms with van der Waals surface area (Å²) in [7, 11) is -3.41. The van der Waals surface area contributed by atoms with E-state index in [1.54, 1.807) is 16.4 Å². The molecule has 0 aromatic heterocycles. The van der Waals surface area contributed by atoms with Gasteiger partial charge < -0.3 is 0 Å². The summed E-state index contributed by atoms with van der Waals surface area (Å²) in [6.07, 6.45) is 0.891. The van der Waals surface area contributed by atoms with Crippen LogP contribution in [0.2, 0.25) is 0 Å². The van der Waals surface area contributed by atoms with E-state index in [0.717, 1.165) is 17.6 Å². The van der Waals surface area contributed by atoms with E-state index < -0.39 is 10.0 Å². The van der Waals surface area contributed by atoms with E-state index in [4.69, 9.17) is 0 Å². The normalized spacial score (nSPS) is 24.6. The maximum Gasteiger partial charge on any atom is 0.243 e. The van der Waals surface area contributed by atoms with Gasteiger partial charge in [-0.15, -0.1) is 0 Å². The largest absolute Gasteiger partial charge is 0.243 e. The van der Waals surface area contributed by atoms with E-state index in [-0.39, 0.29) is 6.04 Å². The maximum absolute atomic E-state index is 12.7. The summed E-state index contributed by atoms with van der Waals surface area (Å²) >= 11 is 0. The van der Waals surface area contributed by atoms with E-state index in [1.165, 1.54) is 0 Å². The van der Waals surface area contributed by atoms with Crippen molar-refractivity contribution in [2.75, 3.05) is 6.54 Å². The Morgan fingerprint density at radius 2 is 1.89 bits per heavy atom. The molecule has 0 N–H and O–H groups in total. The minimum absolute atomic E-state index is 0.0775. The van der Waals surface area contributed by atoms with Crippen molar-refractivity contribution in [1.29, 1.82) is 0 Å². The molecule has 1 aliphatic rings. The highest BCUT2D eigenvalue weighted by molar-refractivity contribution is 7.89. The molecule has 1 heterocycles. The summed E-state index contributed by atoms with van der Waals surface area (Å²) < 4.78 is 27.0. The van der Waals surface area contributed by atoms with E-state index in [9.17, 15) is 8.42 Å².